The SMILES string of the molecule is O=c1[nH]c(-c2ccc(Cl)cc2)nc2c1CN(Cc1cccn1-c1ccc(C(F)(F)F)cc1)CC2. The van der Waals surface area contributed by atoms with Crippen molar-refractivity contribution in [3.8, 4) is 17.1 Å². The van der Waals surface area contributed by atoms with Gasteiger partial charge < -0.3 is 9.55 Å². The van der Waals surface area contributed by atoms with Gasteiger partial charge in [0.25, 0.3) is 5.56 Å². The number of fused-ring (bicyclic) bond motifs is 1. The Labute approximate surface area is 198 Å². The molecule has 0 spiro atoms. The highest BCUT2D eigenvalue weighted by Gasteiger charge is 2.30. The Morgan fingerprint density at radius 1 is 1.03 bits per heavy atom. The summed E-state index contributed by atoms with van der Waals surface area (Å²) in [6.45, 7) is 1.70. The fourth-order valence-corrected chi connectivity index (χ4v) is 4.32. The van der Waals surface area contributed by atoms with Crippen LogP contribution >= 0.6 is 11.6 Å². The van der Waals surface area contributed by atoms with Gasteiger partial charge >= 0.3 is 6.18 Å². The highest BCUT2D eigenvalue weighted by Crippen LogP contribution is 2.30. The van der Waals surface area contributed by atoms with E-state index in [1.54, 1.807) is 12.1 Å². The third-order valence-corrected chi connectivity index (χ3v) is 6.21. The van der Waals surface area contributed by atoms with Gasteiger partial charge in [0.05, 0.1) is 16.8 Å². The molecule has 4 aromatic rings. The summed E-state index contributed by atoms with van der Waals surface area (Å²) in [5.41, 5.74) is 2.93. The summed E-state index contributed by atoms with van der Waals surface area (Å²) in [6, 6.07) is 16.0. The normalized spacial score (nSPS) is 14.2. The number of nitrogens with one attached hydrogen (secondary N) is 1. The van der Waals surface area contributed by atoms with E-state index in [2.05, 4.69) is 14.9 Å². The maximum absolute atomic E-state index is 12.9. The van der Waals surface area contributed by atoms with Crippen molar-refractivity contribution < 1.29 is 13.2 Å². The van der Waals surface area contributed by atoms with Crippen LogP contribution in [0.25, 0.3) is 17.1 Å². The van der Waals surface area contributed by atoms with Crippen LogP contribution in [-0.2, 0) is 25.7 Å². The van der Waals surface area contributed by atoms with E-state index in [0.29, 0.717) is 48.2 Å². The fraction of sp³-hybridized carbons (Fsp3) is 0.200. The molecule has 0 amide bonds. The van der Waals surface area contributed by atoms with Crippen LogP contribution in [0.5, 0.6) is 0 Å². The molecule has 3 heterocycles. The maximum atomic E-state index is 12.9. The van der Waals surface area contributed by atoms with Gasteiger partial charge in [-0.3, -0.25) is 9.69 Å². The number of hydrogen-bond donors (Lipinski definition) is 1. The maximum Gasteiger partial charge on any atom is 0.416 e. The summed E-state index contributed by atoms with van der Waals surface area (Å²) < 4.78 is 40.5. The zero-order valence-electron chi connectivity index (χ0n) is 17.9. The number of H-pyrrole nitrogens is 1. The van der Waals surface area contributed by atoms with Gasteiger partial charge in [-0.25, -0.2) is 4.98 Å². The Morgan fingerprint density at radius 3 is 2.47 bits per heavy atom. The van der Waals surface area contributed by atoms with Gasteiger partial charge in [0, 0.05) is 54.2 Å². The lowest BCUT2D eigenvalue weighted by Gasteiger charge is -2.28. The molecule has 1 aliphatic heterocycles. The van der Waals surface area contributed by atoms with Crippen molar-refractivity contribution in [2.45, 2.75) is 25.7 Å². The minimum Gasteiger partial charge on any atom is -0.320 e. The molecule has 0 saturated carbocycles. The van der Waals surface area contributed by atoms with Crippen LogP contribution in [0.4, 0.5) is 13.2 Å². The first-order valence-electron chi connectivity index (χ1n) is 10.7. The summed E-state index contributed by atoms with van der Waals surface area (Å²) >= 11 is 5.95. The van der Waals surface area contributed by atoms with E-state index in [4.69, 9.17) is 11.6 Å². The van der Waals surface area contributed by atoms with Crippen LogP contribution < -0.4 is 5.56 Å². The zero-order valence-corrected chi connectivity index (χ0v) is 18.7. The van der Waals surface area contributed by atoms with Gasteiger partial charge in [-0.15, -0.1) is 0 Å². The molecule has 34 heavy (non-hydrogen) atoms. The van der Waals surface area contributed by atoms with E-state index in [-0.39, 0.29) is 5.56 Å². The van der Waals surface area contributed by atoms with Gasteiger partial charge in [-0.05, 0) is 60.7 Å². The first-order valence-corrected chi connectivity index (χ1v) is 11.1. The number of nitrogens with zero attached hydrogens (tertiary/aromatic N) is 3. The molecule has 0 saturated heterocycles. The lowest BCUT2D eigenvalue weighted by molar-refractivity contribution is -0.137. The molecule has 1 aliphatic rings. The average Bonchev–Trinajstić information content (AvgIpc) is 3.27. The second kappa shape index (κ2) is 8.77. The smallest absolute Gasteiger partial charge is 0.320 e. The lowest BCUT2D eigenvalue weighted by Crippen LogP contribution is -2.35. The van der Waals surface area contributed by atoms with E-state index in [9.17, 15) is 18.0 Å². The van der Waals surface area contributed by atoms with Crippen LogP contribution in [0.2, 0.25) is 5.02 Å². The predicted octanol–water partition coefficient (Wildman–Crippen LogP) is 5.46. The van der Waals surface area contributed by atoms with Gasteiger partial charge in [0.2, 0.25) is 0 Å². The minimum atomic E-state index is -4.37. The quantitative estimate of drug-likeness (QED) is 0.418. The summed E-state index contributed by atoms with van der Waals surface area (Å²) in [5, 5.41) is 0.612. The molecule has 0 aliphatic carbocycles. The molecule has 9 heteroatoms. The summed E-state index contributed by atoms with van der Waals surface area (Å²) in [5.74, 6) is 0.519. The highest BCUT2D eigenvalue weighted by molar-refractivity contribution is 6.30. The molecule has 0 atom stereocenters. The second-order valence-corrected chi connectivity index (χ2v) is 8.66. The molecule has 0 fully saturated rings. The molecule has 0 radical (unpaired) electrons. The molecule has 2 aromatic heterocycles. The van der Waals surface area contributed by atoms with E-state index in [1.807, 2.05) is 35.0 Å². The van der Waals surface area contributed by atoms with Crippen LogP contribution in [0.3, 0.4) is 0 Å². The number of hydrogen-bond acceptors (Lipinski definition) is 3. The van der Waals surface area contributed by atoms with E-state index in [1.165, 1.54) is 12.1 Å². The summed E-state index contributed by atoms with van der Waals surface area (Å²) in [4.78, 5) is 22.5. The van der Waals surface area contributed by atoms with Crippen molar-refractivity contribution in [1.29, 1.82) is 0 Å². The van der Waals surface area contributed by atoms with Crippen molar-refractivity contribution in [3.05, 3.63) is 105 Å². The van der Waals surface area contributed by atoms with E-state index >= 15 is 0 Å². The monoisotopic (exact) mass is 484 g/mol. The van der Waals surface area contributed by atoms with Gasteiger partial charge in [-0.2, -0.15) is 13.2 Å². The van der Waals surface area contributed by atoms with Crippen LogP contribution in [0, 0.1) is 0 Å². The molecule has 5 nitrogen and oxygen atoms in total. The molecule has 5 rings (SSSR count). The van der Waals surface area contributed by atoms with E-state index in [0.717, 1.165) is 29.1 Å². The Morgan fingerprint density at radius 2 is 1.76 bits per heavy atom. The van der Waals surface area contributed by atoms with Gasteiger partial charge in [0.1, 0.15) is 5.82 Å². The molecule has 1 N–H and O–H groups in total. The average molecular weight is 485 g/mol. The second-order valence-electron chi connectivity index (χ2n) is 8.22. The topological polar surface area (TPSA) is 53.9 Å². The standard InChI is InChI=1S/C25H20ClF3N4O/c26-18-7-3-16(4-8-18)23-30-22-11-13-32(15-21(22)24(34)31-23)14-20-2-1-12-33(20)19-9-5-17(6-10-19)25(27,28)29/h1-10,12H,11,13-15H2,(H,30,31,34). The van der Waals surface area contributed by atoms with Crippen LogP contribution in [0.15, 0.2) is 71.7 Å². The molecule has 0 unspecified atom stereocenters. The van der Waals surface area contributed by atoms with Crippen LogP contribution in [-0.4, -0.2) is 26.0 Å². The van der Waals surface area contributed by atoms with Crippen molar-refractivity contribution in [2.75, 3.05) is 6.54 Å². The Hall–Kier alpha value is -3.36. The number of aromatic amines is 1. The molecule has 0 bridgehead atoms. The fourth-order valence-electron chi connectivity index (χ4n) is 4.20. The van der Waals surface area contributed by atoms with E-state index < -0.39 is 11.7 Å². The third kappa shape index (κ3) is 4.51. The molecule has 2 aromatic carbocycles. The molecular weight excluding hydrogens is 465 g/mol. The molecule has 174 valence electrons. The Bertz CT molecular complexity index is 1380. The molecular formula is C25H20ClF3N4O. The first kappa shape index (κ1) is 22.4. The number of halogens is 4. The predicted molar refractivity (Wildman–Crippen MR) is 124 cm³/mol. The largest absolute Gasteiger partial charge is 0.416 e. The summed E-state index contributed by atoms with van der Waals surface area (Å²) in [6.07, 6.45) is -1.92. The Balaban J connectivity index is 1.35. The lowest BCUT2D eigenvalue weighted by atomic mass is 10.1. The summed E-state index contributed by atoms with van der Waals surface area (Å²) in [7, 11) is 0. The van der Waals surface area contributed by atoms with Crippen molar-refractivity contribution in [1.82, 2.24) is 19.4 Å². The van der Waals surface area contributed by atoms with Gasteiger partial charge in [-0.1, -0.05) is 11.6 Å². The number of alkyl halides is 3. The van der Waals surface area contributed by atoms with Crippen molar-refractivity contribution in [3.63, 3.8) is 0 Å². The number of aromatic nitrogens is 3. The third-order valence-electron chi connectivity index (χ3n) is 5.96. The first-order chi connectivity index (χ1) is 16.3. The highest BCUT2D eigenvalue weighted by atomic mass is 35.5. The number of rotatable bonds is 4. The number of benzene rings is 2. The zero-order chi connectivity index (χ0) is 23.9. The van der Waals surface area contributed by atoms with Crippen LogP contribution in [0.1, 0.15) is 22.5 Å². The minimum absolute atomic E-state index is 0.169. The Kier molecular flexibility index (Phi) is 5.79. The van der Waals surface area contributed by atoms with Crippen molar-refractivity contribution in [2.24, 2.45) is 0 Å². The van der Waals surface area contributed by atoms with Gasteiger partial charge in [0.15, 0.2) is 0 Å². The van der Waals surface area contributed by atoms with Crippen molar-refractivity contribution >= 4 is 11.6 Å².